The Kier molecular flexibility index (Phi) is 8.55. The largest absolute Gasteiger partial charge is 0.494 e. The van der Waals surface area contributed by atoms with Crippen LogP contribution in [-0.4, -0.2) is 48.6 Å². The van der Waals surface area contributed by atoms with Gasteiger partial charge in [0, 0.05) is 30.5 Å². The van der Waals surface area contributed by atoms with E-state index in [1.54, 1.807) is 0 Å². The Balaban J connectivity index is 1.19. The average molecular weight is 436 g/mol. The lowest BCUT2D eigenvalue weighted by Gasteiger charge is -2.26. The fourth-order valence-corrected chi connectivity index (χ4v) is 4.80. The first kappa shape index (κ1) is 22.8. The number of pyridine rings is 1. The van der Waals surface area contributed by atoms with Crippen LogP contribution in [0.15, 0.2) is 42.6 Å². The number of hydrogen-bond donors (Lipinski definition) is 1. The monoisotopic (exact) mass is 435 g/mol. The maximum atomic E-state index is 12.2. The van der Waals surface area contributed by atoms with Crippen LogP contribution in [0.2, 0.25) is 0 Å². The highest BCUT2D eigenvalue weighted by Gasteiger charge is 2.16. The van der Waals surface area contributed by atoms with Gasteiger partial charge >= 0.3 is 0 Å². The fourth-order valence-electron chi connectivity index (χ4n) is 4.80. The molecular formula is C27H37N3O2. The van der Waals surface area contributed by atoms with Gasteiger partial charge in [-0.05, 0) is 74.9 Å². The van der Waals surface area contributed by atoms with Crippen molar-refractivity contribution >= 4 is 5.91 Å². The van der Waals surface area contributed by atoms with E-state index in [1.807, 2.05) is 30.5 Å². The number of rotatable bonds is 10. The van der Waals surface area contributed by atoms with Crippen molar-refractivity contribution in [1.82, 2.24) is 15.2 Å². The van der Waals surface area contributed by atoms with Gasteiger partial charge in [0.1, 0.15) is 5.75 Å². The van der Waals surface area contributed by atoms with Crippen LogP contribution in [0.3, 0.4) is 0 Å². The van der Waals surface area contributed by atoms with Crippen molar-refractivity contribution in [3.63, 3.8) is 0 Å². The average Bonchev–Trinajstić information content (AvgIpc) is 3.36. The van der Waals surface area contributed by atoms with E-state index >= 15 is 0 Å². The molecule has 0 atom stereocenters. The number of ether oxygens (including phenoxy) is 1. The standard InChI is InChI=1S/C27H37N3O2/c31-27(29-20-22-7-2-3-8-22)19-25-12-9-24(21-28-25)23-10-13-26(14-11-23)32-18-6-17-30-15-4-1-5-16-30/h9-14,21-22H,1-8,15-20H2,(H,29,31). The molecule has 0 unspecified atom stereocenters. The van der Waals surface area contributed by atoms with Crippen LogP contribution in [0.25, 0.3) is 11.1 Å². The second-order valence-corrected chi connectivity index (χ2v) is 9.30. The van der Waals surface area contributed by atoms with E-state index in [1.165, 1.54) is 58.0 Å². The topological polar surface area (TPSA) is 54.5 Å². The molecule has 1 aliphatic heterocycles. The van der Waals surface area contributed by atoms with Gasteiger partial charge < -0.3 is 15.0 Å². The minimum atomic E-state index is 0.0685. The summed E-state index contributed by atoms with van der Waals surface area (Å²) in [7, 11) is 0. The highest BCUT2D eigenvalue weighted by molar-refractivity contribution is 5.78. The normalized spacial score (nSPS) is 17.4. The third-order valence-electron chi connectivity index (χ3n) is 6.75. The maximum Gasteiger partial charge on any atom is 0.226 e. The molecule has 5 heteroatoms. The number of likely N-dealkylation sites (tertiary alicyclic amines) is 1. The molecule has 5 nitrogen and oxygen atoms in total. The Hall–Kier alpha value is -2.40. The van der Waals surface area contributed by atoms with Crippen LogP contribution in [0.1, 0.15) is 57.1 Å². The zero-order valence-corrected chi connectivity index (χ0v) is 19.2. The smallest absolute Gasteiger partial charge is 0.226 e. The van der Waals surface area contributed by atoms with Gasteiger partial charge in [-0.1, -0.05) is 37.5 Å². The Morgan fingerprint density at radius 2 is 1.72 bits per heavy atom. The third-order valence-corrected chi connectivity index (χ3v) is 6.75. The summed E-state index contributed by atoms with van der Waals surface area (Å²) in [6.07, 6.45) is 12.4. The number of hydrogen-bond acceptors (Lipinski definition) is 4. The molecule has 1 saturated heterocycles. The molecule has 1 N–H and O–H groups in total. The molecule has 1 amide bonds. The number of carbonyl (C=O) groups excluding carboxylic acids is 1. The molecule has 2 aliphatic rings. The van der Waals surface area contributed by atoms with Gasteiger partial charge in [0.05, 0.1) is 13.0 Å². The number of carbonyl (C=O) groups is 1. The number of nitrogens with zero attached hydrogens (tertiary/aromatic N) is 2. The van der Waals surface area contributed by atoms with E-state index in [-0.39, 0.29) is 5.91 Å². The zero-order chi connectivity index (χ0) is 22.0. The summed E-state index contributed by atoms with van der Waals surface area (Å²) in [5, 5.41) is 3.07. The van der Waals surface area contributed by atoms with Crippen molar-refractivity contribution in [2.24, 2.45) is 5.92 Å². The minimum Gasteiger partial charge on any atom is -0.494 e. The van der Waals surface area contributed by atoms with E-state index in [2.05, 4.69) is 27.3 Å². The molecule has 0 bridgehead atoms. The molecule has 1 saturated carbocycles. The van der Waals surface area contributed by atoms with Crippen LogP contribution < -0.4 is 10.1 Å². The van der Waals surface area contributed by atoms with Crippen LogP contribution in [-0.2, 0) is 11.2 Å². The summed E-state index contributed by atoms with van der Waals surface area (Å²) in [6.45, 7) is 5.19. The lowest BCUT2D eigenvalue weighted by molar-refractivity contribution is -0.120. The Bertz CT molecular complexity index is 823. The van der Waals surface area contributed by atoms with Crippen molar-refractivity contribution < 1.29 is 9.53 Å². The maximum absolute atomic E-state index is 12.2. The molecule has 2 fully saturated rings. The van der Waals surface area contributed by atoms with Crippen molar-refractivity contribution in [2.45, 2.75) is 57.8 Å². The summed E-state index contributed by atoms with van der Waals surface area (Å²) in [4.78, 5) is 19.2. The number of amides is 1. The molecule has 2 heterocycles. The second-order valence-electron chi connectivity index (χ2n) is 9.30. The highest BCUT2D eigenvalue weighted by atomic mass is 16.5. The molecule has 1 aliphatic carbocycles. The minimum absolute atomic E-state index is 0.0685. The van der Waals surface area contributed by atoms with Crippen molar-refractivity contribution in [2.75, 3.05) is 32.8 Å². The number of piperidine rings is 1. The zero-order valence-electron chi connectivity index (χ0n) is 19.2. The van der Waals surface area contributed by atoms with Crippen LogP contribution in [0.5, 0.6) is 5.75 Å². The molecule has 1 aromatic heterocycles. The lowest BCUT2D eigenvalue weighted by Crippen LogP contribution is -2.31. The quantitative estimate of drug-likeness (QED) is 0.542. The summed E-state index contributed by atoms with van der Waals surface area (Å²) >= 11 is 0. The Morgan fingerprint density at radius 1 is 0.969 bits per heavy atom. The van der Waals surface area contributed by atoms with Crippen molar-refractivity contribution in [1.29, 1.82) is 0 Å². The first-order valence-electron chi connectivity index (χ1n) is 12.4. The van der Waals surface area contributed by atoms with Gasteiger partial charge in [-0.15, -0.1) is 0 Å². The van der Waals surface area contributed by atoms with E-state index in [9.17, 15) is 4.79 Å². The van der Waals surface area contributed by atoms with Crippen molar-refractivity contribution in [3.05, 3.63) is 48.3 Å². The summed E-state index contributed by atoms with van der Waals surface area (Å²) in [6, 6.07) is 12.2. The fraction of sp³-hybridized carbons (Fsp3) is 0.556. The van der Waals surface area contributed by atoms with E-state index in [0.717, 1.165) is 48.7 Å². The number of nitrogens with one attached hydrogen (secondary N) is 1. The van der Waals surface area contributed by atoms with E-state index < -0.39 is 0 Å². The lowest BCUT2D eigenvalue weighted by atomic mass is 10.1. The van der Waals surface area contributed by atoms with Crippen LogP contribution in [0, 0.1) is 5.92 Å². The Labute approximate surface area is 192 Å². The molecule has 32 heavy (non-hydrogen) atoms. The van der Waals surface area contributed by atoms with Gasteiger partial charge in [0.15, 0.2) is 0 Å². The first-order chi connectivity index (χ1) is 15.8. The predicted octanol–water partition coefficient (Wildman–Crippen LogP) is 4.85. The van der Waals surface area contributed by atoms with Gasteiger partial charge in [0.25, 0.3) is 0 Å². The molecule has 0 spiro atoms. The number of benzene rings is 1. The van der Waals surface area contributed by atoms with E-state index in [4.69, 9.17) is 4.74 Å². The predicted molar refractivity (Wildman–Crippen MR) is 129 cm³/mol. The van der Waals surface area contributed by atoms with Gasteiger partial charge in [-0.25, -0.2) is 0 Å². The summed E-state index contributed by atoms with van der Waals surface area (Å²) < 4.78 is 5.92. The number of aromatic nitrogens is 1. The van der Waals surface area contributed by atoms with Gasteiger partial charge in [-0.3, -0.25) is 9.78 Å². The second kappa shape index (κ2) is 12.0. The Morgan fingerprint density at radius 3 is 2.44 bits per heavy atom. The van der Waals surface area contributed by atoms with Crippen molar-refractivity contribution in [3.8, 4) is 16.9 Å². The molecule has 0 radical (unpaired) electrons. The SMILES string of the molecule is O=C(Cc1ccc(-c2ccc(OCCCN3CCCCC3)cc2)cn1)NCC1CCCC1. The third kappa shape index (κ3) is 7.06. The first-order valence-corrected chi connectivity index (χ1v) is 12.4. The van der Waals surface area contributed by atoms with Gasteiger partial charge in [-0.2, -0.15) is 0 Å². The molecule has 1 aromatic carbocycles. The van der Waals surface area contributed by atoms with E-state index in [0.29, 0.717) is 12.3 Å². The molecule has 172 valence electrons. The molecule has 2 aromatic rings. The van der Waals surface area contributed by atoms with Crippen LogP contribution >= 0.6 is 0 Å². The summed E-state index contributed by atoms with van der Waals surface area (Å²) in [5.74, 6) is 1.64. The molecular weight excluding hydrogens is 398 g/mol. The highest BCUT2D eigenvalue weighted by Crippen LogP contribution is 2.24. The van der Waals surface area contributed by atoms with Crippen LogP contribution in [0.4, 0.5) is 0 Å². The molecule has 4 rings (SSSR count). The van der Waals surface area contributed by atoms with Gasteiger partial charge in [0.2, 0.25) is 5.91 Å². The summed E-state index contributed by atoms with van der Waals surface area (Å²) in [5.41, 5.74) is 2.97.